The molecule has 7 heteroatoms. The van der Waals surface area contributed by atoms with Crippen LogP contribution >= 0.6 is 11.3 Å². The molecule has 1 aromatic heterocycles. The molecular formula is C19H28N4O2S. The van der Waals surface area contributed by atoms with Gasteiger partial charge in [0.25, 0.3) is 0 Å². The Morgan fingerprint density at radius 3 is 2.62 bits per heavy atom. The Balaban J connectivity index is 1.91. The molecule has 1 heterocycles. The van der Waals surface area contributed by atoms with Crippen molar-refractivity contribution in [1.29, 1.82) is 0 Å². The first-order valence-electron chi connectivity index (χ1n) is 8.75. The number of guanidine groups is 1. The van der Waals surface area contributed by atoms with Crippen LogP contribution in [0.1, 0.15) is 43.0 Å². The SMILES string of the molecule is CCOc1cc(CNC(=NC)NCc2nc(C(C)C)cs2)ccc1OC. The second-order valence-electron chi connectivity index (χ2n) is 6.02. The summed E-state index contributed by atoms with van der Waals surface area (Å²) in [6, 6.07) is 5.91. The second-order valence-corrected chi connectivity index (χ2v) is 6.96. The lowest BCUT2D eigenvalue weighted by atomic mass is 10.2. The third-order valence-corrected chi connectivity index (χ3v) is 4.65. The molecule has 0 fully saturated rings. The average molecular weight is 377 g/mol. The van der Waals surface area contributed by atoms with Crippen molar-refractivity contribution in [2.75, 3.05) is 20.8 Å². The maximum atomic E-state index is 5.62. The topological polar surface area (TPSA) is 67.8 Å². The third kappa shape index (κ3) is 5.62. The van der Waals surface area contributed by atoms with Crippen molar-refractivity contribution in [1.82, 2.24) is 15.6 Å². The summed E-state index contributed by atoms with van der Waals surface area (Å²) in [7, 11) is 3.40. The first-order chi connectivity index (χ1) is 12.6. The molecule has 0 atom stereocenters. The summed E-state index contributed by atoms with van der Waals surface area (Å²) in [4.78, 5) is 8.90. The Kier molecular flexibility index (Phi) is 7.72. The Morgan fingerprint density at radius 2 is 2.00 bits per heavy atom. The molecule has 0 aliphatic carbocycles. The lowest BCUT2D eigenvalue weighted by Crippen LogP contribution is -2.36. The minimum absolute atomic E-state index is 0.451. The summed E-state index contributed by atoms with van der Waals surface area (Å²) in [5.41, 5.74) is 2.23. The van der Waals surface area contributed by atoms with Crippen molar-refractivity contribution in [2.45, 2.75) is 39.8 Å². The first kappa shape index (κ1) is 20.0. The van der Waals surface area contributed by atoms with Gasteiger partial charge in [-0.05, 0) is 30.5 Å². The molecule has 0 aliphatic rings. The van der Waals surface area contributed by atoms with Crippen molar-refractivity contribution in [2.24, 2.45) is 4.99 Å². The number of nitrogens with one attached hydrogen (secondary N) is 2. The molecule has 2 aromatic rings. The molecule has 0 spiro atoms. The highest BCUT2D eigenvalue weighted by Crippen LogP contribution is 2.28. The fourth-order valence-electron chi connectivity index (χ4n) is 2.34. The Bertz CT molecular complexity index is 728. The van der Waals surface area contributed by atoms with Crippen molar-refractivity contribution in [3.8, 4) is 11.5 Å². The number of aromatic nitrogens is 1. The van der Waals surface area contributed by atoms with Gasteiger partial charge in [0.2, 0.25) is 0 Å². The van der Waals surface area contributed by atoms with Crippen LogP contribution in [0.25, 0.3) is 0 Å². The third-order valence-electron chi connectivity index (χ3n) is 3.78. The molecule has 26 heavy (non-hydrogen) atoms. The largest absolute Gasteiger partial charge is 0.493 e. The predicted molar refractivity (Wildman–Crippen MR) is 107 cm³/mol. The predicted octanol–water partition coefficient (Wildman–Crippen LogP) is 3.54. The van der Waals surface area contributed by atoms with Crippen LogP contribution in [0, 0.1) is 0 Å². The van der Waals surface area contributed by atoms with Crippen LogP contribution in [0.5, 0.6) is 11.5 Å². The second kappa shape index (κ2) is 10.0. The van der Waals surface area contributed by atoms with Crippen molar-refractivity contribution in [3.63, 3.8) is 0 Å². The van der Waals surface area contributed by atoms with Gasteiger partial charge in [-0.2, -0.15) is 0 Å². The molecule has 2 rings (SSSR count). The minimum atomic E-state index is 0.451. The van der Waals surface area contributed by atoms with Gasteiger partial charge < -0.3 is 20.1 Å². The quantitative estimate of drug-likeness (QED) is 0.545. The number of benzene rings is 1. The van der Waals surface area contributed by atoms with Crippen LogP contribution < -0.4 is 20.1 Å². The van der Waals surface area contributed by atoms with E-state index >= 15 is 0 Å². The highest BCUT2D eigenvalue weighted by atomic mass is 32.1. The summed E-state index contributed by atoms with van der Waals surface area (Å²) in [6.07, 6.45) is 0. The van der Waals surface area contributed by atoms with E-state index < -0.39 is 0 Å². The van der Waals surface area contributed by atoms with Gasteiger partial charge in [-0.3, -0.25) is 4.99 Å². The molecule has 142 valence electrons. The van der Waals surface area contributed by atoms with Crippen molar-refractivity contribution in [3.05, 3.63) is 39.8 Å². The van der Waals surface area contributed by atoms with Gasteiger partial charge in [0.1, 0.15) is 5.01 Å². The van der Waals surface area contributed by atoms with Gasteiger partial charge >= 0.3 is 0 Å². The van der Waals surface area contributed by atoms with E-state index in [2.05, 4.69) is 39.8 Å². The van der Waals surface area contributed by atoms with E-state index in [0.29, 0.717) is 25.6 Å². The Morgan fingerprint density at radius 1 is 1.23 bits per heavy atom. The number of aliphatic imine (C=N–C) groups is 1. The zero-order valence-corrected chi connectivity index (χ0v) is 16.9. The monoisotopic (exact) mass is 376 g/mol. The molecule has 0 saturated carbocycles. The normalized spacial score (nSPS) is 11.5. The van der Waals surface area contributed by atoms with Gasteiger partial charge in [-0.15, -0.1) is 11.3 Å². The van der Waals surface area contributed by atoms with Gasteiger partial charge in [-0.25, -0.2) is 4.98 Å². The van der Waals surface area contributed by atoms with E-state index in [1.807, 2.05) is 25.1 Å². The zero-order chi connectivity index (χ0) is 18.9. The maximum Gasteiger partial charge on any atom is 0.191 e. The maximum absolute atomic E-state index is 5.62. The smallest absolute Gasteiger partial charge is 0.191 e. The van der Waals surface area contributed by atoms with Crippen molar-refractivity contribution >= 4 is 17.3 Å². The number of hydrogen-bond donors (Lipinski definition) is 2. The molecule has 0 aliphatic heterocycles. The summed E-state index contributed by atoms with van der Waals surface area (Å²) in [5, 5.41) is 9.78. The molecule has 0 unspecified atom stereocenters. The van der Waals surface area contributed by atoms with Crippen LogP contribution in [0.3, 0.4) is 0 Å². The minimum Gasteiger partial charge on any atom is -0.493 e. The number of rotatable bonds is 8. The fourth-order valence-corrected chi connectivity index (χ4v) is 3.23. The molecule has 1 aromatic carbocycles. The molecule has 0 bridgehead atoms. The Labute approximate surface area is 159 Å². The lowest BCUT2D eigenvalue weighted by Gasteiger charge is -2.13. The summed E-state index contributed by atoms with van der Waals surface area (Å²) in [6.45, 7) is 8.15. The van der Waals surface area contributed by atoms with E-state index in [4.69, 9.17) is 9.47 Å². The number of hydrogen-bond acceptors (Lipinski definition) is 5. The average Bonchev–Trinajstić information content (AvgIpc) is 3.12. The van der Waals surface area contributed by atoms with Crippen LogP contribution in [0.15, 0.2) is 28.6 Å². The van der Waals surface area contributed by atoms with Crippen molar-refractivity contribution < 1.29 is 9.47 Å². The van der Waals surface area contributed by atoms with E-state index in [1.54, 1.807) is 25.5 Å². The number of nitrogens with zero attached hydrogens (tertiary/aromatic N) is 2. The number of thiazole rings is 1. The molecule has 2 N–H and O–H groups in total. The van der Waals surface area contributed by atoms with Crippen LogP contribution in [-0.4, -0.2) is 31.7 Å². The van der Waals surface area contributed by atoms with Gasteiger partial charge in [0, 0.05) is 19.0 Å². The Hall–Kier alpha value is -2.28. The highest BCUT2D eigenvalue weighted by molar-refractivity contribution is 7.09. The van der Waals surface area contributed by atoms with E-state index in [1.165, 1.54) is 0 Å². The number of methoxy groups -OCH3 is 1. The summed E-state index contributed by atoms with van der Waals surface area (Å²) >= 11 is 1.67. The van der Waals surface area contributed by atoms with Gasteiger partial charge in [0.05, 0.1) is 26.0 Å². The highest BCUT2D eigenvalue weighted by Gasteiger charge is 2.08. The molecule has 0 saturated heterocycles. The number of ether oxygens (including phenoxy) is 2. The van der Waals surface area contributed by atoms with E-state index in [9.17, 15) is 0 Å². The first-order valence-corrected chi connectivity index (χ1v) is 9.63. The summed E-state index contributed by atoms with van der Waals surface area (Å²) in [5.74, 6) is 2.68. The van der Waals surface area contributed by atoms with Gasteiger partial charge in [-0.1, -0.05) is 19.9 Å². The van der Waals surface area contributed by atoms with Crippen LogP contribution in [0.4, 0.5) is 0 Å². The van der Waals surface area contributed by atoms with Crippen LogP contribution in [0.2, 0.25) is 0 Å². The van der Waals surface area contributed by atoms with E-state index in [-0.39, 0.29) is 0 Å². The standard InChI is InChI=1S/C19H28N4O2S/c1-6-25-17-9-14(7-8-16(17)24-5)10-21-19(20-4)22-11-18-23-15(12-26-18)13(2)3/h7-9,12-13H,6,10-11H2,1-5H3,(H2,20,21,22). The molecule has 0 amide bonds. The molecule has 0 radical (unpaired) electrons. The van der Waals surface area contributed by atoms with Gasteiger partial charge in [0.15, 0.2) is 17.5 Å². The summed E-state index contributed by atoms with van der Waals surface area (Å²) < 4.78 is 10.9. The molecular weight excluding hydrogens is 348 g/mol. The lowest BCUT2D eigenvalue weighted by molar-refractivity contribution is 0.310. The fraction of sp³-hybridized carbons (Fsp3) is 0.474. The molecule has 6 nitrogen and oxygen atoms in total. The van der Waals surface area contributed by atoms with E-state index in [0.717, 1.165) is 33.7 Å². The van der Waals surface area contributed by atoms with Crippen LogP contribution in [-0.2, 0) is 13.1 Å². The zero-order valence-electron chi connectivity index (χ0n) is 16.1.